The van der Waals surface area contributed by atoms with Crippen LogP contribution in [0.5, 0.6) is 5.75 Å². The van der Waals surface area contributed by atoms with Crippen molar-refractivity contribution in [3.05, 3.63) is 58.4 Å². The van der Waals surface area contributed by atoms with E-state index < -0.39 is 5.82 Å². The minimum absolute atomic E-state index is 0.0300. The fourth-order valence-electron chi connectivity index (χ4n) is 1.78. The Morgan fingerprint density at radius 2 is 2.10 bits per heavy atom. The maximum absolute atomic E-state index is 13.2. The molecule has 0 aliphatic rings. The maximum atomic E-state index is 13.2. The van der Waals surface area contributed by atoms with Gasteiger partial charge in [-0.25, -0.2) is 4.39 Å². The molecule has 1 N–H and O–H groups in total. The van der Waals surface area contributed by atoms with Crippen molar-refractivity contribution in [2.24, 2.45) is 0 Å². The summed E-state index contributed by atoms with van der Waals surface area (Å²) in [4.78, 5) is 0. The molecule has 0 aliphatic heterocycles. The molecule has 0 spiro atoms. The third-order valence-corrected chi connectivity index (χ3v) is 3.03. The van der Waals surface area contributed by atoms with Crippen LogP contribution in [-0.4, -0.2) is 7.11 Å². The van der Waals surface area contributed by atoms with E-state index in [4.69, 9.17) is 21.6 Å². The van der Waals surface area contributed by atoms with Crippen LogP contribution in [0.3, 0.4) is 0 Å². The van der Waals surface area contributed by atoms with E-state index in [-0.39, 0.29) is 5.56 Å². The topological polar surface area (TPSA) is 45.0 Å². The third-order valence-electron chi connectivity index (χ3n) is 2.80. The summed E-state index contributed by atoms with van der Waals surface area (Å²) in [7, 11) is 1.57. The van der Waals surface area contributed by atoms with Gasteiger partial charge in [-0.15, -0.1) is 0 Å². The summed E-state index contributed by atoms with van der Waals surface area (Å²) in [6.45, 7) is 0.436. The molecular weight excluding hydrogens is 279 g/mol. The zero-order chi connectivity index (χ0) is 14.5. The molecule has 0 bridgehead atoms. The van der Waals surface area contributed by atoms with Gasteiger partial charge >= 0.3 is 0 Å². The first-order valence-electron chi connectivity index (χ1n) is 5.90. The Hall–Kier alpha value is -2.25. The quantitative estimate of drug-likeness (QED) is 0.926. The van der Waals surface area contributed by atoms with Crippen molar-refractivity contribution >= 4 is 17.3 Å². The molecule has 2 aromatic carbocycles. The second-order valence-electron chi connectivity index (χ2n) is 4.12. The Morgan fingerprint density at radius 3 is 2.80 bits per heavy atom. The number of hydrogen-bond acceptors (Lipinski definition) is 3. The van der Waals surface area contributed by atoms with Crippen LogP contribution in [-0.2, 0) is 6.54 Å². The number of halogens is 2. The van der Waals surface area contributed by atoms with Crippen molar-refractivity contribution in [2.75, 3.05) is 12.4 Å². The second-order valence-corrected chi connectivity index (χ2v) is 4.56. The maximum Gasteiger partial charge on any atom is 0.142 e. The fraction of sp³-hybridized carbons (Fsp3) is 0.133. The zero-order valence-electron chi connectivity index (χ0n) is 10.8. The predicted molar refractivity (Wildman–Crippen MR) is 76.4 cm³/mol. The first kappa shape index (κ1) is 14.2. The smallest absolute Gasteiger partial charge is 0.142 e. The summed E-state index contributed by atoms with van der Waals surface area (Å²) in [6, 6.07) is 11.5. The summed E-state index contributed by atoms with van der Waals surface area (Å²) < 4.78 is 18.4. The van der Waals surface area contributed by atoms with E-state index in [9.17, 15) is 4.39 Å². The van der Waals surface area contributed by atoms with Crippen molar-refractivity contribution in [3.8, 4) is 11.8 Å². The number of nitrogens with one attached hydrogen (secondary N) is 1. The van der Waals surface area contributed by atoms with Gasteiger partial charge in [-0.1, -0.05) is 17.7 Å². The largest absolute Gasteiger partial charge is 0.495 e. The third kappa shape index (κ3) is 3.19. The Morgan fingerprint density at radius 1 is 1.30 bits per heavy atom. The molecule has 0 saturated carbocycles. The molecule has 5 heteroatoms. The van der Waals surface area contributed by atoms with E-state index in [1.165, 1.54) is 12.1 Å². The Kier molecular flexibility index (Phi) is 4.44. The SMILES string of the molecule is COc1ccc(Cl)cc1NCc1ccc(F)c(C#N)c1. The van der Waals surface area contributed by atoms with Crippen molar-refractivity contribution < 1.29 is 9.13 Å². The monoisotopic (exact) mass is 290 g/mol. The molecular formula is C15H12ClFN2O. The lowest BCUT2D eigenvalue weighted by molar-refractivity contribution is 0.416. The lowest BCUT2D eigenvalue weighted by atomic mass is 10.1. The lowest BCUT2D eigenvalue weighted by Gasteiger charge is -2.11. The molecule has 0 unspecified atom stereocenters. The van der Waals surface area contributed by atoms with Crippen LogP contribution in [0.2, 0.25) is 5.02 Å². The van der Waals surface area contributed by atoms with Crippen LogP contribution in [0.25, 0.3) is 0 Å². The number of methoxy groups -OCH3 is 1. The first-order valence-corrected chi connectivity index (χ1v) is 6.28. The average Bonchev–Trinajstić information content (AvgIpc) is 2.46. The van der Waals surface area contributed by atoms with Crippen molar-refractivity contribution in [1.82, 2.24) is 0 Å². The molecule has 0 aliphatic carbocycles. The van der Waals surface area contributed by atoms with Gasteiger partial charge in [0, 0.05) is 11.6 Å². The standard InChI is InChI=1S/C15H12ClFN2O/c1-20-15-5-3-12(16)7-14(15)19-9-10-2-4-13(17)11(6-10)8-18/h2-7,19H,9H2,1H3. The van der Waals surface area contributed by atoms with E-state index in [1.807, 2.05) is 6.07 Å². The molecule has 0 radical (unpaired) electrons. The van der Waals surface area contributed by atoms with Gasteiger partial charge in [0.05, 0.1) is 18.4 Å². The van der Waals surface area contributed by atoms with Gasteiger partial charge in [0.25, 0.3) is 0 Å². The molecule has 0 atom stereocenters. The minimum atomic E-state index is -0.517. The highest BCUT2D eigenvalue weighted by molar-refractivity contribution is 6.30. The number of nitrogens with zero attached hydrogens (tertiary/aromatic N) is 1. The summed E-state index contributed by atoms with van der Waals surface area (Å²) in [5.74, 6) is 0.147. The molecule has 0 amide bonds. The molecule has 3 nitrogen and oxygen atoms in total. The van der Waals surface area contributed by atoms with Gasteiger partial charge in [0.2, 0.25) is 0 Å². The van der Waals surface area contributed by atoms with E-state index >= 15 is 0 Å². The van der Waals surface area contributed by atoms with Crippen LogP contribution in [0.4, 0.5) is 10.1 Å². The fourth-order valence-corrected chi connectivity index (χ4v) is 1.96. The van der Waals surface area contributed by atoms with E-state index in [2.05, 4.69) is 5.32 Å². The molecule has 0 heterocycles. The molecule has 0 fully saturated rings. The average molecular weight is 291 g/mol. The molecule has 20 heavy (non-hydrogen) atoms. The summed E-state index contributed by atoms with van der Waals surface area (Å²) in [5.41, 5.74) is 1.56. The molecule has 0 aromatic heterocycles. The predicted octanol–water partition coefficient (Wildman–Crippen LogP) is 3.97. The normalized spacial score (nSPS) is 9.90. The Labute approximate surface area is 121 Å². The number of ether oxygens (including phenoxy) is 1. The van der Waals surface area contributed by atoms with E-state index in [0.717, 1.165) is 11.3 Å². The van der Waals surface area contributed by atoms with Gasteiger partial charge in [0.15, 0.2) is 0 Å². The molecule has 102 valence electrons. The number of benzene rings is 2. The van der Waals surface area contributed by atoms with Gasteiger partial charge in [-0.2, -0.15) is 5.26 Å². The summed E-state index contributed by atoms with van der Waals surface area (Å²) in [5, 5.41) is 12.5. The minimum Gasteiger partial charge on any atom is -0.495 e. The highest BCUT2D eigenvalue weighted by Crippen LogP contribution is 2.28. The lowest BCUT2D eigenvalue weighted by Crippen LogP contribution is -2.02. The second kappa shape index (κ2) is 6.27. The van der Waals surface area contributed by atoms with Gasteiger partial charge in [-0.3, -0.25) is 0 Å². The summed E-state index contributed by atoms with van der Waals surface area (Å²) in [6.07, 6.45) is 0. The van der Waals surface area contributed by atoms with Crippen molar-refractivity contribution in [3.63, 3.8) is 0 Å². The van der Waals surface area contributed by atoms with Crippen LogP contribution < -0.4 is 10.1 Å². The van der Waals surface area contributed by atoms with Gasteiger partial charge in [-0.05, 0) is 35.9 Å². The van der Waals surface area contributed by atoms with Crippen molar-refractivity contribution in [1.29, 1.82) is 5.26 Å². The summed E-state index contributed by atoms with van der Waals surface area (Å²) >= 11 is 5.94. The zero-order valence-corrected chi connectivity index (χ0v) is 11.5. The number of nitriles is 1. The first-order chi connectivity index (χ1) is 9.63. The number of rotatable bonds is 4. The Balaban J connectivity index is 2.17. The highest BCUT2D eigenvalue weighted by atomic mass is 35.5. The Bertz CT molecular complexity index is 667. The number of hydrogen-bond donors (Lipinski definition) is 1. The van der Waals surface area contributed by atoms with Crippen LogP contribution in [0.15, 0.2) is 36.4 Å². The van der Waals surface area contributed by atoms with Gasteiger partial charge < -0.3 is 10.1 Å². The number of anilines is 1. The molecule has 2 aromatic rings. The van der Waals surface area contributed by atoms with E-state index in [0.29, 0.717) is 17.3 Å². The van der Waals surface area contributed by atoms with Gasteiger partial charge in [0.1, 0.15) is 17.6 Å². The molecule has 0 saturated heterocycles. The van der Waals surface area contributed by atoms with Crippen LogP contribution >= 0.6 is 11.6 Å². The molecule has 2 rings (SSSR count). The van der Waals surface area contributed by atoms with Crippen LogP contribution in [0, 0.1) is 17.1 Å². The van der Waals surface area contributed by atoms with Crippen LogP contribution in [0.1, 0.15) is 11.1 Å². The highest BCUT2D eigenvalue weighted by Gasteiger charge is 2.06. The van der Waals surface area contributed by atoms with E-state index in [1.54, 1.807) is 31.4 Å². The van der Waals surface area contributed by atoms with Crippen molar-refractivity contribution in [2.45, 2.75) is 6.54 Å².